The number of fused-ring (bicyclic) bond motifs is 1. The van der Waals surface area contributed by atoms with Gasteiger partial charge in [0.05, 0.1) is 36.5 Å². The lowest BCUT2D eigenvalue weighted by molar-refractivity contribution is -0.906. The predicted molar refractivity (Wildman–Crippen MR) is 123 cm³/mol. The van der Waals surface area contributed by atoms with Crippen LogP contribution in [0.4, 0.5) is 5.13 Å². The van der Waals surface area contributed by atoms with Gasteiger partial charge in [0.15, 0.2) is 5.13 Å². The minimum Gasteiger partial charge on any atom is -0.370 e. The number of nitrogens with one attached hydrogen (secondary N) is 1. The molecule has 2 heterocycles. The Morgan fingerprint density at radius 3 is 2.60 bits per heavy atom. The molecule has 5 nitrogen and oxygen atoms in total. The molecule has 30 heavy (non-hydrogen) atoms. The average Bonchev–Trinajstić information content (AvgIpc) is 3.14. The number of aryl methyl sites for hydroxylation is 4. The van der Waals surface area contributed by atoms with Gasteiger partial charge >= 0.3 is 0 Å². The predicted octanol–water partition coefficient (Wildman–Crippen LogP) is 3.09. The van der Waals surface area contributed by atoms with Gasteiger partial charge in [-0.25, -0.2) is 4.98 Å². The number of thiazole rings is 1. The minimum atomic E-state index is 0.0392. The van der Waals surface area contributed by atoms with E-state index in [0.29, 0.717) is 6.54 Å². The largest absolute Gasteiger partial charge is 0.370 e. The molecule has 3 aromatic rings. The molecule has 0 aliphatic carbocycles. The Bertz CT molecular complexity index is 1070. The average molecular weight is 425 g/mol. The molecule has 1 aromatic heterocycles. The monoisotopic (exact) mass is 424 g/mol. The lowest BCUT2D eigenvalue weighted by Crippen LogP contribution is -3.14. The standard InChI is InChI=1S/C24H29N3O2S/c1-16-5-6-18(3)20(14-16)23(28)27(8-7-26-9-11-29-12-10-26)24-25-22-19(4)13-17(2)15-21(22)30-24/h5-6,13-15H,7-12H2,1-4H3/p+1. The first-order chi connectivity index (χ1) is 14.4. The van der Waals surface area contributed by atoms with Crippen molar-refractivity contribution >= 4 is 32.6 Å². The van der Waals surface area contributed by atoms with Crippen LogP contribution >= 0.6 is 11.3 Å². The second-order valence-electron chi connectivity index (χ2n) is 8.31. The number of hydrogen-bond acceptors (Lipinski definition) is 4. The normalized spacial score (nSPS) is 14.9. The Kier molecular flexibility index (Phi) is 6.18. The summed E-state index contributed by atoms with van der Waals surface area (Å²) < 4.78 is 6.63. The van der Waals surface area contributed by atoms with E-state index in [1.54, 1.807) is 11.3 Å². The third kappa shape index (κ3) is 4.41. The molecular formula is C24H30N3O2S+. The molecule has 0 saturated carbocycles. The number of aromatic nitrogens is 1. The van der Waals surface area contributed by atoms with Crippen LogP contribution in [0, 0.1) is 27.7 Å². The zero-order valence-corrected chi connectivity index (χ0v) is 19.1. The molecule has 6 heteroatoms. The Morgan fingerprint density at radius 1 is 1.07 bits per heavy atom. The highest BCUT2D eigenvalue weighted by molar-refractivity contribution is 7.22. The van der Waals surface area contributed by atoms with Crippen LogP contribution in [0.2, 0.25) is 0 Å². The van der Waals surface area contributed by atoms with Crippen LogP contribution in [-0.4, -0.2) is 50.3 Å². The molecule has 1 amide bonds. The summed E-state index contributed by atoms with van der Waals surface area (Å²) >= 11 is 1.61. The fourth-order valence-electron chi connectivity index (χ4n) is 4.05. The number of amides is 1. The molecule has 0 spiro atoms. The van der Waals surface area contributed by atoms with Gasteiger partial charge in [-0.2, -0.15) is 0 Å². The van der Waals surface area contributed by atoms with Gasteiger partial charge in [-0.05, 0) is 56.5 Å². The van der Waals surface area contributed by atoms with E-state index in [4.69, 9.17) is 9.72 Å². The Balaban J connectivity index is 1.70. The fourth-order valence-corrected chi connectivity index (χ4v) is 5.22. The summed E-state index contributed by atoms with van der Waals surface area (Å²) in [6.07, 6.45) is 0. The number of nitrogens with zero attached hydrogens (tertiary/aromatic N) is 2. The number of carbonyl (C=O) groups is 1. The quantitative estimate of drug-likeness (QED) is 0.685. The van der Waals surface area contributed by atoms with E-state index in [2.05, 4.69) is 32.0 Å². The Morgan fingerprint density at radius 2 is 1.83 bits per heavy atom. The van der Waals surface area contributed by atoms with Gasteiger partial charge in [0.1, 0.15) is 13.1 Å². The zero-order chi connectivity index (χ0) is 21.3. The molecule has 1 saturated heterocycles. The Hall–Kier alpha value is -2.28. The summed E-state index contributed by atoms with van der Waals surface area (Å²) in [5.74, 6) is 0.0392. The summed E-state index contributed by atoms with van der Waals surface area (Å²) in [6.45, 7) is 13.3. The van der Waals surface area contributed by atoms with Crippen LogP contribution in [-0.2, 0) is 4.74 Å². The molecule has 4 rings (SSSR count). The lowest BCUT2D eigenvalue weighted by atomic mass is 10.0. The third-order valence-corrected chi connectivity index (χ3v) is 6.83. The molecule has 0 atom stereocenters. The van der Waals surface area contributed by atoms with Crippen LogP contribution in [0.15, 0.2) is 30.3 Å². The van der Waals surface area contributed by atoms with Crippen LogP contribution < -0.4 is 9.80 Å². The first kappa shape index (κ1) is 21.0. The van der Waals surface area contributed by atoms with Crippen molar-refractivity contribution in [1.82, 2.24) is 4.98 Å². The van der Waals surface area contributed by atoms with Crippen LogP contribution in [0.3, 0.4) is 0 Å². The number of hydrogen-bond donors (Lipinski definition) is 1. The summed E-state index contributed by atoms with van der Waals surface area (Å²) in [5.41, 5.74) is 6.24. The maximum atomic E-state index is 13.7. The molecular weight excluding hydrogens is 394 g/mol. The second kappa shape index (κ2) is 8.84. The van der Waals surface area contributed by atoms with E-state index in [-0.39, 0.29) is 5.91 Å². The highest BCUT2D eigenvalue weighted by Crippen LogP contribution is 2.32. The van der Waals surface area contributed by atoms with Crippen molar-refractivity contribution in [2.45, 2.75) is 27.7 Å². The van der Waals surface area contributed by atoms with Crippen LogP contribution in [0.5, 0.6) is 0 Å². The maximum Gasteiger partial charge on any atom is 0.260 e. The van der Waals surface area contributed by atoms with E-state index >= 15 is 0 Å². The topological polar surface area (TPSA) is 46.9 Å². The first-order valence-electron chi connectivity index (χ1n) is 10.6. The first-order valence-corrected chi connectivity index (χ1v) is 11.4. The molecule has 2 aromatic carbocycles. The fraction of sp³-hybridized carbons (Fsp3) is 0.417. The van der Waals surface area contributed by atoms with E-state index < -0.39 is 0 Å². The van der Waals surface area contributed by atoms with E-state index in [1.807, 2.05) is 30.9 Å². The van der Waals surface area contributed by atoms with Gasteiger partial charge in [-0.15, -0.1) is 0 Å². The summed E-state index contributed by atoms with van der Waals surface area (Å²) in [5, 5.41) is 0.789. The third-order valence-electron chi connectivity index (χ3n) is 5.81. The summed E-state index contributed by atoms with van der Waals surface area (Å²) in [7, 11) is 0. The van der Waals surface area contributed by atoms with Crippen molar-refractivity contribution in [3.05, 3.63) is 58.1 Å². The molecule has 1 N–H and O–H groups in total. The molecule has 0 radical (unpaired) electrons. The van der Waals surface area contributed by atoms with Crippen molar-refractivity contribution in [3.8, 4) is 0 Å². The number of benzene rings is 2. The van der Waals surface area contributed by atoms with E-state index in [9.17, 15) is 4.79 Å². The number of ether oxygens (including phenoxy) is 1. The van der Waals surface area contributed by atoms with Crippen molar-refractivity contribution in [3.63, 3.8) is 0 Å². The molecule has 1 aliphatic heterocycles. The molecule has 1 aliphatic rings. The highest BCUT2D eigenvalue weighted by Gasteiger charge is 2.25. The molecule has 0 bridgehead atoms. The number of carbonyl (C=O) groups excluding carboxylic acids is 1. The number of quaternary nitrogens is 1. The molecule has 0 unspecified atom stereocenters. The van der Waals surface area contributed by atoms with Crippen molar-refractivity contribution in [2.24, 2.45) is 0 Å². The van der Waals surface area contributed by atoms with Gasteiger partial charge in [0.25, 0.3) is 5.91 Å². The minimum absolute atomic E-state index is 0.0392. The number of anilines is 1. The SMILES string of the molecule is Cc1ccc(C)c(C(=O)N(CC[NH+]2CCOCC2)c2nc3c(C)cc(C)cc3s2)c1. The maximum absolute atomic E-state index is 13.7. The van der Waals surface area contributed by atoms with Gasteiger partial charge in [-0.1, -0.05) is 35.1 Å². The number of morpholine rings is 1. The second-order valence-corrected chi connectivity index (χ2v) is 9.32. The number of rotatable bonds is 5. The van der Waals surface area contributed by atoms with Gasteiger partial charge < -0.3 is 9.64 Å². The van der Waals surface area contributed by atoms with Crippen molar-refractivity contribution < 1.29 is 14.4 Å². The lowest BCUT2D eigenvalue weighted by Gasteiger charge is -2.27. The molecule has 158 valence electrons. The van der Waals surface area contributed by atoms with E-state index in [1.165, 1.54) is 10.5 Å². The van der Waals surface area contributed by atoms with Gasteiger partial charge in [-0.3, -0.25) is 9.69 Å². The zero-order valence-electron chi connectivity index (χ0n) is 18.2. The van der Waals surface area contributed by atoms with Crippen molar-refractivity contribution in [1.29, 1.82) is 0 Å². The van der Waals surface area contributed by atoms with Gasteiger partial charge in [0.2, 0.25) is 0 Å². The van der Waals surface area contributed by atoms with Crippen molar-refractivity contribution in [2.75, 3.05) is 44.3 Å². The van der Waals surface area contributed by atoms with Crippen LogP contribution in [0.1, 0.15) is 32.6 Å². The van der Waals surface area contributed by atoms with E-state index in [0.717, 1.165) is 70.5 Å². The summed E-state index contributed by atoms with van der Waals surface area (Å²) in [6, 6.07) is 10.4. The van der Waals surface area contributed by atoms with Crippen LogP contribution in [0.25, 0.3) is 10.2 Å². The molecule has 1 fully saturated rings. The summed E-state index contributed by atoms with van der Waals surface area (Å²) in [4.78, 5) is 22.0. The van der Waals surface area contributed by atoms with Gasteiger partial charge in [0, 0.05) is 5.56 Å². The highest BCUT2D eigenvalue weighted by atomic mass is 32.1. The Labute approximate surface area is 182 Å². The smallest absolute Gasteiger partial charge is 0.260 e.